The van der Waals surface area contributed by atoms with E-state index in [0.717, 1.165) is 44.9 Å². The number of rotatable bonds is 38. The maximum atomic E-state index is 12.8. The van der Waals surface area contributed by atoms with Crippen LogP contribution in [0, 0.1) is 0 Å². The number of esters is 2. The summed E-state index contributed by atoms with van der Waals surface area (Å²) in [7, 11) is 0. The molecule has 1 fully saturated rings. The Bertz CT molecular complexity index is 970. The van der Waals surface area contributed by atoms with E-state index >= 15 is 0 Å². The van der Waals surface area contributed by atoms with Gasteiger partial charge >= 0.3 is 11.9 Å². The van der Waals surface area contributed by atoms with Crippen LogP contribution >= 0.6 is 0 Å². The summed E-state index contributed by atoms with van der Waals surface area (Å²) < 4.78 is 22.1. The zero-order chi connectivity index (χ0) is 40.9. The number of aliphatic hydroxyl groups is 4. The zero-order valence-corrected chi connectivity index (χ0v) is 35.6. The van der Waals surface area contributed by atoms with Gasteiger partial charge in [-0.05, 0) is 44.9 Å². The van der Waals surface area contributed by atoms with E-state index in [4.69, 9.17) is 18.9 Å². The van der Waals surface area contributed by atoms with Gasteiger partial charge in [-0.1, -0.05) is 167 Å². The number of carbonyl (C=O) groups is 2. The SMILES string of the molecule is CCCCCCC/C=C\C/C=C\CCCCCCCCCCCCCC(=O)OC(COC(=O)CCCCCCCCCC)COC1OC(CO)C(O)C(O)C1O. The van der Waals surface area contributed by atoms with Crippen LogP contribution < -0.4 is 0 Å². The summed E-state index contributed by atoms with van der Waals surface area (Å²) in [6, 6.07) is 0. The van der Waals surface area contributed by atoms with Crippen molar-refractivity contribution in [3.8, 4) is 0 Å². The van der Waals surface area contributed by atoms with Gasteiger partial charge in [-0.3, -0.25) is 9.59 Å². The van der Waals surface area contributed by atoms with E-state index in [2.05, 4.69) is 38.2 Å². The van der Waals surface area contributed by atoms with Crippen LogP contribution in [-0.2, 0) is 28.5 Å². The zero-order valence-electron chi connectivity index (χ0n) is 35.6. The Hall–Kier alpha value is -1.82. The van der Waals surface area contributed by atoms with Crippen molar-refractivity contribution >= 4 is 11.9 Å². The van der Waals surface area contributed by atoms with Crippen LogP contribution in [0.5, 0.6) is 0 Å². The van der Waals surface area contributed by atoms with Crippen molar-refractivity contribution in [2.75, 3.05) is 19.8 Å². The van der Waals surface area contributed by atoms with Crippen LogP contribution in [0.3, 0.4) is 0 Å². The third-order valence-electron chi connectivity index (χ3n) is 10.6. The molecule has 0 aromatic carbocycles. The van der Waals surface area contributed by atoms with E-state index in [-0.39, 0.29) is 32.0 Å². The fourth-order valence-corrected chi connectivity index (χ4v) is 6.92. The van der Waals surface area contributed by atoms with Crippen LogP contribution in [0.25, 0.3) is 0 Å². The first-order chi connectivity index (χ1) is 27.3. The lowest BCUT2D eigenvalue weighted by atomic mass is 9.99. The van der Waals surface area contributed by atoms with Gasteiger partial charge in [-0.25, -0.2) is 0 Å². The van der Waals surface area contributed by atoms with Crippen molar-refractivity contribution < 1.29 is 49.0 Å². The summed E-state index contributed by atoms with van der Waals surface area (Å²) in [6.07, 6.45) is 33.5. The Balaban J connectivity index is 2.23. The van der Waals surface area contributed by atoms with Gasteiger partial charge in [0.15, 0.2) is 12.4 Å². The third kappa shape index (κ3) is 28.6. The molecule has 6 atom stereocenters. The molecule has 10 nitrogen and oxygen atoms in total. The lowest BCUT2D eigenvalue weighted by Crippen LogP contribution is -2.59. The number of hydrogen-bond donors (Lipinski definition) is 4. The minimum absolute atomic E-state index is 0.215. The Morgan fingerprint density at radius 3 is 1.48 bits per heavy atom. The lowest BCUT2D eigenvalue weighted by Gasteiger charge is -2.39. The lowest BCUT2D eigenvalue weighted by molar-refractivity contribution is -0.305. The summed E-state index contributed by atoms with van der Waals surface area (Å²) >= 11 is 0. The van der Waals surface area contributed by atoms with Crippen molar-refractivity contribution in [1.29, 1.82) is 0 Å². The fraction of sp³-hybridized carbons (Fsp3) is 0.870. The average Bonchev–Trinajstić information content (AvgIpc) is 3.19. The Morgan fingerprint density at radius 2 is 1.00 bits per heavy atom. The van der Waals surface area contributed by atoms with Crippen LogP contribution in [0.2, 0.25) is 0 Å². The van der Waals surface area contributed by atoms with Crippen LogP contribution in [0.1, 0.15) is 200 Å². The second kappa shape index (κ2) is 37.5. The maximum absolute atomic E-state index is 12.8. The van der Waals surface area contributed by atoms with Gasteiger partial charge in [-0.2, -0.15) is 0 Å². The largest absolute Gasteiger partial charge is 0.462 e. The molecule has 0 saturated carbocycles. The first-order valence-corrected chi connectivity index (χ1v) is 22.9. The van der Waals surface area contributed by atoms with Crippen molar-refractivity contribution in [3.05, 3.63) is 24.3 Å². The monoisotopic (exact) mass is 797 g/mol. The van der Waals surface area contributed by atoms with E-state index in [9.17, 15) is 30.0 Å². The molecule has 0 spiro atoms. The normalized spacial score (nSPS) is 20.6. The highest BCUT2D eigenvalue weighted by Crippen LogP contribution is 2.23. The Morgan fingerprint density at radius 1 is 0.554 bits per heavy atom. The highest BCUT2D eigenvalue weighted by Gasteiger charge is 2.44. The van der Waals surface area contributed by atoms with Crippen molar-refractivity contribution in [1.82, 2.24) is 0 Å². The van der Waals surface area contributed by atoms with Gasteiger partial charge in [0.05, 0.1) is 13.2 Å². The van der Waals surface area contributed by atoms with Crippen molar-refractivity contribution in [2.45, 2.75) is 237 Å². The first kappa shape index (κ1) is 52.2. The number of hydrogen-bond acceptors (Lipinski definition) is 10. The highest BCUT2D eigenvalue weighted by molar-refractivity contribution is 5.70. The molecular formula is C46H84O10. The molecule has 0 aromatic heterocycles. The van der Waals surface area contributed by atoms with Gasteiger partial charge in [0.2, 0.25) is 0 Å². The molecule has 0 bridgehead atoms. The summed E-state index contributed by atoms with van der Waals surface area (Å²) in [5.41, 5.74) is 0. The predicted octanol–water partition coefficient (Wildman–Crippen LogP) is 9.72. The summed E-state index contributed by atoms with van der Waals surface area (Å²) in [5, 5.41) is 40.0. The van der Waals surface area contributed by atoms with Gasteiger partial charge < -0.3 is 39.4 Å². The van der Waals surface area contributed by atoms with Crippen LogP contribution in [0.15, 0.2) is 24.3 Å². The molecule has 1 aliphatic rings. The molecule has 1 aliphatic heterocycles. The molecular weight excluding hydrogens is 712 g/mol. The molecule has 1 rings (SSSR count). The Labute approximate surface area is 341 Å². The van der Waals surface area contributed by atoms with E-state index in [1.807, 2.05) is 0 Å². The molecule has 6 unspecified atom stereocenters. The molecule has 0 radical (unpaired) electrons. The third-order valence-corrected chi connectivity index (χ3v) is 10.6. The molecule has 10 heteroatoms. The number of allylic oxidation sites excluding steroid dienone is 4. The number of ether oxygens (including phenoxy) is 4. The molecule has 56 heavy (non-hydrogen) atoms. The molecule has 1 saturated heterocycles. The standard InChI is InChI=1S/C46H84O10/c1-3-5-7-9-11-13-14-15-16-17-18-19-20-21-22-23-24-25-26-27-29-31-33-35-42(49)55-39(37-53-41(48)34-32-30-28-12-10-8-6-4-2)38-54-46-45(52)44(51)43(50)40(36-47)56-46/h14-15,17-18,39-40,43-47,50-52H,3-13,16,19-38H2,1-2H3/b15-14-,18-17-. The van der Waals surface area contributed by atoms with Crippen molar-refractivity contribution in [3.63, 3.8) is 0 Å². The Kier molecular flexibility index (Phi) is 34.9. The van der Waals surface area contributed by atoms with Gasteiger partial charge in [0.25, 0.3) is 0 Å². The number of aliphatic hydroxyl groups excluding tert-OH is 4. The van der Waals surface area contributed by atoms with E-state index in [1.165, 1.54) is 122 Å². The summed E-state index contributed by atoms with van der Waals surface area (Å²) in [4.78, 5) is 25.2. The quantitative estimate of drug-likeness (QED) is 0.0270. The molecule has 4 N–H and O–H groups in total. The fourth-order valence-electron chi connectivity index (χ4n) is 6.92. The molecule has 328 valence electrons. The highest BCUT2D eigenvalue weighted by atomic mass is 16.7. The molecule has 0 aliphatic carbocycles. The second-order valence-electron chi connectivity index (χ2n) is 15.9. The average molecular weight is 797 g/mol. The second-order valence-corrected chi connectivity index (χ2v) is 15.9. The van der Waals surface area contributed by atoms with Crippen LogP contribution in [-0.4, -0.2) is 89.0 Å². The smallest absolute Gasteiger partial charge is 0.306 e. The molecule has 0 amide bonds. The van der Waals surface area contributed by atoms with E-state index in [1.54, 1.807) is 0 Å². The summed E-state index contributed by atoms with van der Waals surface area (Å²) in [5.74, 6) is -0.808. The summed E-state index contributed by atoms with van der Waals surface area (Å²) in [6.45, 7) is 3.38. The maximum Gasteiger partial charge on any atom is 0.306 e. The van der Waals surface area contributed by atoms with E-state index in [0.29, 0.717) is 6.42 Å². The predicted molar refractivity (Wildman–Crippen MR) is 224 cm³/mol. The minimum Gasteiger partial charge on any atom is -0.462 e. The number of carbonyl (C=O) groups excluding carboxylic acids is 2. The minimum atomic E-state index is -1.59. The van der Waals surface area contributed by atoms with E-state index < -0.39 is 49.4 Å². The van der Waals surface area contributed by atoms with Crippen molar-refractivity contribution in [2.24, 2.45) is 0 Å². The molecule has 0 aromatic rings. The topological polar surface area (TPSA) is 152 Å². The number of unbranched alkanes of at least 4 members (excludes halogenated alkanes) is 23. The first-order valence-electron chi connectivity index (χ1n) is 22.9. The molecule has 1 heterocycles. The van der Waals surface area contributed by atoms with Gasteiger partial charge in [0, 0.05) is 12.8 Å². The van der Waals surface area contributed by atoms with Crippen LogP contribution in [0.4, 0.5) is 0 Å². The van der Waals surface area contributed by atoms with Gasteiger partial charge in [-0.15, -0.1) is 0 Å². The van der Waals surface area contributed by atoms with Gasteiger partial charge in [0.1, 0.15) is 31.0 Å².